The molecule has 0 atom stereocenters. The van der Waals surface area contributed by atoms with Gasteiger partial charge in [-0.25, -0.2) is 9.37 Å². The predicted octanol–water partition coefficient (Wildman–Crippen LogP) is 3.97. The molecular weight excluding hydrogens is 349 g/mol. The minimum atomic E-state index is -0.632. The molecule has 0 spiro atoms. The van der Waals surface area contributed by atoms with E-state index in [-0.39, 0.29) is 10.6 Å². The maximum absolute atomic E-state index is 13.7. The summed E-state index contributed by atoms with van der Waals surface area (Å²) in [5.74, 6) is -1.16. The van der Waals surface area contributed by atoms with Crippen LogP contribution >= 0.6 is 22.9 Å². The molecular formula is C17H13ClFN3OS. The number of benzene rings is 1. The Morgan fingerprint density at radius 3 is 2.92 bits per heavy atom. The standard InChI is InChI=1S/C17H13ClFN3OS/c18-13-4-1-5-14(19)15(13)16(23)21-8-6-12-10-24-17(22-12)11-3-2-7-20-9-11/h1-5,7,9-10H,6,8H2,(H,21,23). The van der Waals surface area contributed by atoms with Crippen molar-refractivity contribution in [3.8, 4) is 10.6 Å². The maximum Gasteiger partial charge on any atom is 0.255 e. The van der Waals surface area contributed by atoms with Gasteiger partial charge in [0.15, 0.2) is 0 Å². The molecule has 3 aromatic rings. The Labute approximate surface area is 147 Å². The van der Waals surface area contributed by atoms with Crippen molar-refractivity contribution in [3.63, 3.8) is 0 Å². The summed E-state index contributed by atoms with van der Waals surface area (Å²) in [6.45, 7) is 0.347. The molecule has 2 aromatic heterocycles. The fourth-order valence-electron chi connectivity index (χ4n) is 2.15. The zero-order valence-electron chi connectivity index (χ0n) is 12.5. The summed E-state index contributed by atoms with van der Waals surface area (Å²) in [5, 5.41) is 5.58. The molecule has 1 aromatic carbocycles. The van der Waals surface area contributed by atoms with E-state index in [9.17, 15) is 9.18 Å². The summed E-state index contributed by atoms with van der Waals surface area (Å²) in [6, 6.07) is 7.96. The molecule has 4 nitrogen and oxygen atoms in total. The van der Waals surface area contributed by atoms with Gasteiger partial charge in [0.1, 0.15) is 10.8 Å². The summed E-state index contributed by atoms with van der Waals surface area (Å²) in [6.07, 6.45) is 4.01. The highest BCUT2D eigenvalue weighted by atomic mass is 35.5. The number of halogens is 2. The maximum atomic E-state index is 13.7. The Morgan fingerprint density at radius 1 is 1.29 bits per heavy atom. The molecule has 3 rings (SSSR count). The molecule has 1 N–H and O–H groups in total. The lowest BCUT2D eigenvalue weighted by atomic mass is 10.2. The Kier molecular flexibility index (Phi) is 5.17. The third-order valence-corrected chi connectivity index (χ3v) is 4.57. The summed E-state index contributed by atoms with van der Waals surface area (Å²) in [4.78, 5) is 20.6. The lowest BCUT2D eigenvalue weighted by Crippen LogP contribution is -2.27. The molecule has 2 heterocycles. The number of carbonyl (C=O) groups excluding carboxylic acids is 1. The van der Waals surface area contributed by atoms with E-state index in [1.165, 1.54) is 29.5 Å². The third-order valence-electron chi connectivity index (χ3n) is 3.32. The van der Waals surface area contributed by atoms with E-state index >= 15 is 0 Å². The van der Waals surface area contributed by atoms with Crippen molar-refractivity contribution in [1.29, 1.82) is 0 Å². The number of aromatic nitrogens is 2. The van der Waals surface area contributed by atoms with Crippen molar-refractivity contribution in [2.75, 3.05) is 6.54 Å². The van der Waals surface area contributed by atoms with E-state index in [0.29, 0.717) is 13.0 Å². The number of nitrogens with zero attached hydrogens (tertiary/aromatic N) is 2. The molecule has 24 heavy (non-hydrogen) atoms. The van der Waals surface area contributed by atoms with E-state index in [2.05, 4.69) is 15.3 Å². The smallest absolute Gasteiger partial charge is 0.255 e. The van der Waals surface area contributed by atoms with E-state index in [4.69, 9.17) is 11.6 Å². The van der Waals surface area contributed by atoms with Gasteiger partial charge in [-0.3, -0.25) is 9.78 Å². The van der Waals surface area contributed by atoms with Crippen molar-refractivity contribution >= 4 is 28.8 Å². The summed E-state index contributed by atoms with van der Waals surface area (Å²) >= 11 is 7.39. The van der Waals surface area contributed by atoms with Gasteiger partial charge in [0.2, 0.25) is 0 Å². The monoisotopic (exact) mass is 361 g/mol. The van der Waals surface area contributed by atoms with Crippen LogP contribution in [0.2, 0.25) is 5.02 Å². The van der Waals surface area contributed by atoms with Gasteiger partial charge in [0, 0.05) is 36.3 Å². The molecule has 122 valence electrons. The zero-order valence-corrected chi connectivity index (χ0v) is 14.1. The van der Waals surface area contributed by atoms with Crippen LogP contribution < -0.4 is 5.32 Å². The molecule has 0 aliphatic carbocycles. The average Bonchev–Trinajstić information content (AvgIpc) is 3.04. The van der Waals surface area contributed by atoms with Crippen LogP contribution in [0.3, 0.4) is 0 Å². The summed E-state index contributed by atoms with van der Waals surface area (Å²) in [5.41, 5.74) is 1.68. The van der Waals surface area contributed by atoms with Crippen LogP contribution in [0.1, 0.15) is 16.1 Å². The molecule has 0 radical (unpaired) electrons. The van der Waals surface area contributed by atoms with Gasteiger partial charge in [-0.1, -0.05) is 17.7 Å². The molecule has 7 heteroatoms. The van der Waals surface area contributed by atoms with Gasteiger partial charge in [-0.2, -0.15) is 0 Å². The predicted molar refractivity (Wildman–Crippen MR) is 92.8 cm³/mol. The number of amides is 1. The number of nitrogens with one attached hydrogen (secondary N) is 1. The van der Waals surface area contributed by atoms with Crippen molar-refractivity contribution in [1.82, 2.24) is 15.3 Å². The Morgan fingerprint density at radius 2 is 2.17 bits per heavy atom. The molecule has 0 saturated heterocycles. The molecule has 0 fully saturated rings. The van der Waals surface area contributed by atoms with Crippen LogP contribution in [-0.4, -0.2) is 22.4 Å². The molecule has 0 saturated carbocycles. The minimum absolute atomic E-state index is 0.0972. The van der Waals surface area contributed by atoms with Gasteiger partial charge < -0.3 is 5.32 Å². The van der Waals surface area contributed by atoms with Crippen LogP contribution in [0.4, 0.5) is 4.39 Å². The quantitative estimate of drug-likeness (QED) is 0.748. The van der Waals surface area contributed by atoms with E-state index < -0.39 is 11.7 Å². The van der Waals surface area contributed by atoms with Crippen molar-refractivity contribution in [2.24, 2.45) is 0 Å². The normalized spacial score (nSPS) is 10.6. The van der Waals surface area contributed by atoms with Crippen molar-refractivity contribution < 1.29 is 9.18 Å². The van der Waals surface area contributed by atoms with Crippen LogP contribution in [0.5, 0.6) is 0 Å². The number of thiazole rings is 1. The Balaban J connectivity index is 1.59. The lowest BCUT2D eigenvalue weighted by molar-refractivity contribution is 0.0950. The van der Waals surface area contributed by atoms with Crippen molar-refractivity contribution in [3.05, 3.63) is 70.2 Å². The van der Waals surface area contributed by atoms with Crippen LogP contribution in [0, 0.1) is 5.82 Å². The Bertz CT molecular complexity index is 834. The second-order valence-electron chi connectivity index (χ2n) is 4.99. The third kappa shape index (κ3) is 3.77. The first kappa shape index (κ1) is 16.5. The SMILES string of the molecule is O=C(NCCc1csc(-c2cccnc2)n1)c1c(F)cccc1Cl. The first-order valence-electron chi connectivity index (χ1n) is 7.22. The minimum Gasteiger partial charge on any atom is -0.352 e. The second-order valence-corrected chi connectivity index (χ2v) is 6.25. The summed E-state index contributed by atoms with van der Waals surface area (Å²) < 4.78 is 13.7. The first-order chi connectivity index (χ1) is 11.6. The van der Waals surface area contributed by atoms with Gasteiger partial charge in [-0.05, 0) is 24.3 Å². The molecule has 0 unspecified atom stereocenters. The summed E-state index contributed by atoms with van der Waals surface area (Å²) in [7, 11) is 0. The molecule has 0 aliphatic heterocycles. The van der Waals surface area contributed by atoms with E-state index in [0.717, 1.165) is 16.3 Å². The Hall–Kier alpha value is -2.31. The number of carbonyl (C=O) groups is 1. The zero-order chi connectivity index (χ0) is 16.9. The number of pyridine rings is 1. The topological polar surface area (TPSA) is 54.9 Å². The van der Waals surface area contributed by atoms with Gasteiger partial charge >= 0.3 is 0 Å². The van der Waals surface area contributed by atoms with Gasteiger partial charge in [0.25, 0.3) is 5.91 Å². The highest BCUT2D eigenvalue weighted by Gasteiger charge is 2.15. The highest BCUT2D eigenvalue weighted by Crippen LogP contribution is 2.23. The lowest BCUT2D eigenvalue weighted by Gasteiger charge is -2.06. The number of hydrogen-bond donors (Lipinski definition) is 1. The molecule has 1 amide bonds. The second kappa shape index (κ2) is 7.51. The highest BCUT2D eigenvalue weighted by molar-refractivity contribution is 7.13. The van der Waals surface area contributed by atoms with E-state index in [1.807, 2.05) is 17.5 Å². The van der Waals surface area contributed by atoms with Crippen molar-refractivity contribution in [2.45, 2.75) is 6.42 Å². The van der Waals surface area contributed by atoms with Crippen LogP contribution in [0.15, 0.2) is 48.1 Å². The fourth-order valence-corrected chi connectivity index (χ4v) is 3.24. The van der Waals surface area contributed by atoms with Gasteiger partial charge in [-0.15, -0.1) is 11.3 Å². The molecule has 0 bridgehead atoms. The van der Waals surface area contributed by atoms with Crippen LogP contribution in [0.25, 0.3) is 10.6 Å². The largest absolute Gasteiger partial charge is 0.352 e. The number of hydrogen-bond acceptors (Lipinski definition) is 4. The number of rotatable bonds is 5. The molecule has 0 aliphatic rings. The average molecular weight is 362 g/mol. The van der Waals surface area contributed by atoms with Crippen LogP contribution in [-0.2, 0) is 6.42 Å². The first-order valence-corrected chi connectivity index (χ1v) is 8.48. The van der Waals surface area contributed by atoms with Gasteiger partial charge in [0.05, 0.1) is 16.3 Å². The fraction of sp³-hybridized carbons (Fsp3) is 0.118. The van der Waals surface area contributed by atoms with E-state index in [1.54, 1.807) is 12.4 Å².